The third kappa shape index (κ3) is 4.01. The number of nitrogens with zero attached hydrogens (tertiary/aromatic N) is 3. The molecule has 3 nitrogen and oxygen atoms in total. The Labute approximate surface area is 225 Å². The van der Waals surface area contributed by atoms with Gasteiger partial charge in [-0.25, -0.2) is 9.97 Å². The molecule has 3 heterocycles. The van der Waals surface area contributed by atoms with Crippen LogP contribution in [-0.2, 0) is 0 Å². The Bertz CT molecular complexity index is 1880. The SMILES string of the molecule is c1ccc(-c2cccc(N(c3ccccc3)c3cccc(-c4cccc5c4sc4ccccc45)n3)n2)cc1. The van der Waals surface area contributed by atoms with Gasteiger partial charge in [-0.15, -0.1) is 11.3 Å². The van der Waals surface area contributed by atoms with Gasteiger partial charge in [0.15, 0.2) is 0 Å². The molecular weight excluding hydrogens is 482 g/mol. The van der Waals surface area contributed by atoms with Crippen LogP contribution in [0, 0.1) is 0 Å². The zero-order valence-corrected chi connectivity index (χ0v) is 21.3. The molecule has 0 fully saturated rings. The number of thiophene rings is 1. The Morgan fingerprint density at radius 2 is 1.08 bits per heavy atom. The number of pyridine rings is 2. The van der Waals surface area contributed by atoms with E-state index in [1.807, 2.05) is 59.9 Å². The number of hydrogen-bond acceptors (Lipinski definition) is 4. The van der Waals surface area contributed by atoms with Crippen molar-refractivity contribution in [2.45, 2.75) is 0 Å². The first-order valence-electron chi connectivity index (χ1n) is 12.6. The van der Waals surface area contributed by atoms with Gasteiger partial charge in [-0.1, -0.05) is 97.1 Å². The fourth-order valence-electron chi connectivity index (χ4n) is 4.92. The fraction of sp³-hybridized carbons (Fsp3) is 0. The summed E-state index contributed by atoms with van der Waals surface area (Å²) in [5, 5.41) is 2.56. The molecule has 0 spiro atoms. The van der Waals surface area contributed by atoms with Gasteiger partial charge in [-0.05, 0) is 42.5 Å². The highest BCUT2D eigenvalue weighted by atomic mass is 32.1. The second kappa shape index (κ2) is 9.58. The molecule has 0 aliphatic rings. The van der Waals surface area contributed by atoms with Crippen LogP contribution in [0.25, 0.3) is 42.7 Å². The first-order chi connectivity index (χ1) is 18.8. The summed E-state index contributed by atoms with van der Waals surface area (Å²) in [4.78, 5) is 12.4. The van der Waals surface area contributed by atoms with Gasteiger partial charge < -0.3 is 0 Å². The van der Waals surface area contributed by atoms with Gasteiger partial charge in [0, 0.05) is 37.0 Å². The maximum Gasteiger partial charge on any atom is 0.139 e. The quantitative estimate of drug-likeness (QED) is 0.233. The average molecular weight is 506 g/mol. The molecular formula is C34H23N3S. The van der Waals surface area contributed by atoms with E-state index in [0.29, 0.717) is 0 Å². The second-order valence-electron chi connectivity index (χ2n) is 9.08. The van der Waals surface area contributed by atoms with E-state index >= 15 is 0 Å². The van der Waals surface area contributed by atoms with E-state index < -0.39 is 0 Å². The van der Waals surface area contributed by atoms with E-state index in [-0.39, 0.29) is 0 Å². The van der Waals surface area contributed by atoms with Crippen LogP contribution < -0.4 is 4.90 Å². The van der Waals surface area contributed by atoms with Gasteiger partial charge in [0.2, 0.25) is 0 Å². The minimum atomic E-state index is 0.822. The number of para-hydroxylation sites is 1. The number of aromatic nitrogens is 2. The molecule has 0 bridgehead atoms. The van der Waals surface area contributed by atoms with E-state index in [1.54, 1.807) is 0 Å². The van der Waals surface area contributed by atoms with Crippen molar-refractivity contribution in [3.8, 4) is 22.5 Å². The third-order valence-electron chi connectivity index (χ3n) is 6.69. The van der Waals surface area contributed by atoms with E-state index in [4.69, 9.17) is 9.97 Å². The van der Waals surface area contributed by atoms with Crippen LogP contribution in [0.1, 0.15) is 0 Å². The first-order valence-corrected chi connectivity index (χ1v) is 13.4. The number of benzene rings is 4. The van der Waals surface area contributed by atoms with Gasteiger partial charge in [0.05, 0.1) is 11.4 Å². The van der Waals surface area contributed by atoms with Crippen LogP contribution in [-0.4, -0.2) is 9.97 Å². The molecule has 0 aliphatic heterocycles. The predicted octanol–water partition coefficient (Wildman–Crippen LogP) is 9.65. The lowest BCUT2D eigenvalue weighted by atomic mass is 10.1. The zero-order chi connectivity index (χ0) is 25.3. The van der Waals surface area contributed by atoms with Gasteiger partial charge in [0.25, 0.3) is 0 Å². The van der Waals surface area contributed by atoms with Crippen LogP contribution in [0.2, 0.25) is 0 Å². The van der Waals surface area contributed by atoms with Crippen LogP contribution in [0.3, 0.4) is 0 Å². The van der Waals surface area contributed by atoms with E-state index in [1.165, 1.54) is 20.2 Å². The van der Waals surface area contributed by atoms with Crippen molar-refractivity contribution in [3.63, 3.8) is 0 Å². The molecule has 0 saturated carbocycles. The van der Waals surface area contributed by atoms with Crippen molar-refractivity contribution in [3.05, 3.63) is 140 Å². The molecule has 0 unspecified atom stereocenters. The third-order valence-corrected chi connectivity index (χ3v) is 7.91. The Morgan fingerprint density at radius 3 is 1.87 bits per heavy atom. The normalized spacial score (nSPS) is 11.2. The lowest BCUT2D eigenvalue weighted by Crippen LogP contribution is -2.13. The zero-order valence-electron chi connectivity index (χ0n) is 20.5. The molecule has 0 amide bonds. The molecule has 38 heavy (non-hydrogen) atoms. The number of hydrogen-bond donors (Lipinski definition) is 0. The Balaban J connectivity index is 1.39. The second-order valence-corrected chi connectivity index (χ2v) is 10.1. The molecule has 0 saturated heterocycles. The summed E-state index contributed by atoms with van der Waals surface area (Å²) in [5.74, 6) is 1.65. The predicted molar refractivity (Wildman–Crippen MR) is 160 cm³/mol. The Hall–Kier alpha value is -4.80. The summed E-state index contributed by atoms with van der Waals surface area (Å²) in [6.07, 6.45) is 0. The van der Waals surface area contributed by atoms with Crippen molar-refractivity contribution >= 4 is 48.8 Å². The largest absolute Gasteiger partial charge is 0.279 e. The van der Waals surface area contributed by atoms with Crippen LogP contribution in [0.5, 0.6) is 0 Å². The summed E-state index contributed by atoms with van der Waals surface area (Å²) in [7, 11) is 0. The molecule has 3 aromatic heterocycles. The van der Waals surface area contributed by atoms with Gasteiger partial charge >= 0.3 is 0 Å². The first kappa shape index (κ1) is 22.4. The van der Waals surface area contributed by atoms with Gasteiger partial charge in [-0.2, -0.15) is 0 Å². The summed E-state index contributed by atoms with van der Waals surface area (Å²) in [5.41, 5.74) is 5.11. The number of rotatable bonds is 5. The van der Waals surface area contributed by atoms with Gasteiger partial charge in [0.1, 0.15) is 11.6 Å². The minimum absolute atomic E-state index is 0.822. The topological polar surface area (TPSA) is 29.0 Å². The van der Waals surface area contributed by atoms with E-state index in [0.717, 1.165) is 39.8 Å². The van der Waals surface area contributed by atoms with Crippen LogP contribution in [0.4, 0.5) is 17.3 Å². The number of anilines is 3. The highest BCUT2D eigenvalue weighted by Gasteiger charge is 2.18. The molecule has 0 radical (unpaired) electrons. The van der Waals surface area contributed by atoms with Crippen molar-refractivity contribution in [2.24, 2.45) is 0 Å². The van der Waals surface area contributed by atoms with E-state index in [2.05, 4.69) is 95.9 Å². The van der Waals surface area contributed by atoms with Gasteiger partial charge in [-0.3, -0.25) is 4.90 Å². The van der Waals surface area contributed by atoms with Crippen molar-refractivity contribution in [1.82, 2.24) is 9.97 Å². The smallest absolute Gasteiger partial charge is 0.139 e. The Kier molecular flexibility index (Phi) is 5.65. The minimum Gasteiger partial charge on any atom is -0.279 e. The standard InChI is InChI=1S/C34H23N3S/c1-3-12-24(13-4-1)29-19-10-22-32(35-29)37(25-14-5-2-6-15-25)33-23-11-20-30(36-33)28-18-9-17-27-26-16-7-8-21-31(26)38-34(27)28/h1-23H. The van der Waals surface area contributed by atoms with Crippen molar-refractivity contribution in [2.75, 3.05) is 4.90 Å². The molecule has 4 heteroatoms. The molecule has 4 aromatic carbocycles. The highest BCUT2D eigenvalue weighted by molar-refractivity contribution is 7.26. The van der Waals surface area contributed by atoms with Crippen LogP contribution in [0.15, 0.2) is 140 Å². The maximum absolute atomic E-state index is 5.21. The lowest BCUT2D eigenvalue weighted by Gasteiger charge is -2.24. The Morgan fingerprint density at radius 1 is 0.474 bits per heavy atom. The molecule has 0 N–H and O–H groups in total. The van der Waals surface area contributed by atoms with E-state index in [9.17, 15) is 0 Å². The highest BCUT2D eigenvalue weighted by Crippen LogP contribution is 2.40. The maximum atomic E-state index is 5.21. The summed E-state index contributed by atoms with van der Waals surface area (Å²) >= 11 is 1.82. The molecule has 7 rings (SSSR count). The van der Waals surface area contributed by atoms with Crippen molar-refractivity contribution < 1.29 is 0 Å². The molecule has 0 atom stereocenters. The molecule has 7 aromatic rings. The summed E-state index contributed by atoms with van der Waals surface area (Å²) in [6, 6.07) is 48.1. The lowest BCUT2D eigenvalue weighted by molar-refractivity contribution is 1.13. The molecule has 0 aliphatic carbocycles. The van der Waals surface area contributed by atoms with Crippen LogP contribution >= 0.6 is 11.3 Å². The fourth-order valence-corrected chi connectivity index (χ4v) is 6.15. The van der Waals surface area contributed by atoms with Crippen molar-refractivity contribution in [1.29, 1.82) is 0 Å². The summed E-state index contributed by atoms with van der Waals surface area (Å²) < 4.78 is 2.55. The molecule has 180 valence electrons. The average Bonchev–Trinajstić information content (AvgIpc) is 3.38. The number of fused-ring (bicyclic) bond motifs is 3. The summed E-state index contributed by atoms with van der Waals surface area (Å²) in [6.45, 7) is 0. The monoisotopic (exact) mass is 505 g/mol.